The zero-order chi connectivity index (χ0) is 16.4. The predicted molar refractivity (Wildman–Crippen MR) is 85.7 cm³/mol. The summed E-state index contributed by atoms with van der Waals surface area (Å²) in [6, 6.07) is 13.2. The molecule has 2 aromatic carbocycles. The highest BCUT2D eigenvalue weighted by Gasteiger charge is 2.39. The molecular formula is C17H14ClNO4. The van der Waals surface area contributed by atoms with Gasteiger partial charge in [0, 0.05) is 11.4 Å². The Morgan fingerprint density at radius 2 is 1.96 bits per heavy atom. The summed E-state index contributed by atoms with van der Waals surface area (Å²) in [5, 5.41) is 9.88. The highest BCUT2D eigenvalue weighted by molar-refractivity contribution is 6.30. The molecule has 118 valence electrons. The third-order valence-corrected chi connectivity index (χ3v) is 3.95. The molecule has 0 bridgehead atoms. The van der Waals surface area contributed by atoms with Crippen molar-refractivity contribution in [1.82, 2.24) is 0 Å². The van der Waals surface area contributed by atoms with Crippen LogP contribution in [0, 0.1) is 0 Å². The smallest absolute Gasteiger partial charge is 0.415 e. The fraction of sp³-hybridized carbons (Fsp3) is 0.176. The minimum Gasteiger partial charge on any atom is -0.480 e. The number of carboxylic acids is 1. The SMILES string of the molecule is O=C(O)C1Cc2cc(Cl)ccc2N1C(=O)OCc1ccccc1. The van der Waals surface area contributed by atoms with Gasteiger partial charge in [0.2, 0.25) is 0 Å². The van der Waals surface area contributed by atoms with Gasteiger partial charge >= 0.3 is 12.1 Å². The maximum absolute atomic E-state index is 12.4. The molecule has 1 heterocycles. The van der Waals surface area contributed by atoms with E-state index in [0.717, 1.165) is 11.1 Å². The van der Waals surface area contributed by atoms with Crippen molar-refractivity contribution >= 4 is 29.4 Å². The molecule has 0 radical (unpaired) electrons. The lowest BCUT2D eigenvalue weighted by molar-refractivity contribution is -0.138. The number of halogens is 1. The first-order valence-electron chi connectivity index (χ1n) is 7.07. The minimum absolute atomic E-state index is 0.0887. The van der Waals surface area contributed by atoms with Gasteiger partial charge in [-0.25, -0.2) is 9.59 Å². The van der Waals surface area contributed by atoms with Gasteiger partial charge in [0.25, 0.3) is 0 Å². The lowest BCUT2D eigenvalue weighted by atomic mass is 10.1. The van der Waals surface area contributed by atoms with Crippen molar-refractivity contribution in [3.05, 3.63) is 64.7 Å². The first-order valence-corrected chi connectivity index (χ1v) is 7.45. The summed E-state index contributed by atoms with van der Waals surface area (Å²) in [4.78, 5) is 25.0. The fourth-order valence-electron chi connectivity index (χ4n) is 2.63. The number of fused-ring (bicyclic) bond motifs is 1. The Bertz CT molecular complexity index is 748. The van der Waals surface area contributed by atoms with Gasteiger partial charge in [-0.1, -0.05) is 41.9 Å². The largest absolute Gasteiger partial charge is 0.480 e. The van der Waals surface area contributed by atoms with Gasteiger partial charge < -0.3 is 9.84 Å². The molecule has 0 saturated carbocycles. The second kappa shape index (κ2) is 6.30. The number of anilines is 1. The predicted octanol–water partition coefficient (Wildman–Crippen LogP) is 3.49. The summed E-state index contributed by atoms with van der Waals surface area (Å²) in [5.74, 6) is -1.08. The van der Waals surface area contributed by atoms with E-state index in [1.165, 1.54) is 4.90 Å². The number of ether oxygens (including phenoxy) is 1. The number of hydrogen-bond donors (Lipinski definition) is 1. The zero-order valence-electron chi connectivity index (χ0n) is 12.1. The van der Waals surface area contributed by atoms with E-state index in [4.69, 9.17) is 16.3 Å². The topological polar surface area (TPSA) is 66.8 Å². The van der Waals surface area contributed by atoms with Crippen molar-refractivity contribution in [2.45, 2.75) is 19.1 Å². The number of carbonyl (C=O) groups excluding carboxylic acids is 1. The van der Waals surface area contributed by atoms with E-state index in [1.807, 2.05) is 30.3 Å². The van der Waals surface area contributed by atoms with Crippen LogP contribution in [-0.4, -0.2) is 23.2 Å². The Morgan fingerprint density at radius 1 is 1.22 bits per heavy atom. The summed E-state index contributed by atoms with van der Waals surface area (Å²) in [7, 11) is 0. The average Bonchev–Trinajstić information content (AvgIpc) is 2.92. The van der Waals surface area contributed by atoms with Gasteiger partial charge in [-0.3, -0.25) is 4.90 Å². The van der Waals surface area contributed by atoms with Gasteiger partial charge in [0.15, 0.2) is 0 Å². The molecule has 5 nitrogen and oxygen atoms in total. The monoisotopic (exact) mass is 331 g/mol. The molecule has 23 heavy (non-hydrogen) atoms. The average molecular weight is 332 g/mol. The van der Waals surface area contributed by atoms with E-state index in [9.17, 15) is 14.7 Å². The Kier molecular flexibility index (Phi) is 4.21. The van der Waals surface area contributed by atoms with Crippen LogP contribution in [0.5, 0.6) is 0 Å². The van der Waals surface area contributed by atoms with Crippen LogP contribution in [-0.2, 0) is 22.6 Å². The molecule has 0 aliphatic carbocycles. The third kappa shape index (κ3) is 3.14. The van der Waals surface area contributed by atoms with Gasteiger partial charge in [-0.05, 0) is 29.3 Å². The molecular weight excluding hydrogens is 318 g/mol. The van der Waals surface area contributed by atoms with E-state index in [-0.39, 0.29) is 13.0 Å². The Balaban J connectivity index is 1.81. The number of benzene rings is 2. The van der Waals surface area contributed by atoms with Crippen LogP contribution >= 0.6 is 11.6 Å². The number of hydrogen-bond acceptors (Lipinski definition) is 3. The van der Waals surface area contributed by atoms with Crippen molar-refractivity contribution in [1.29, 1.82) is 0 Å². The number of carbonyl (C=O) groups is 2. The highest BCUT2D eigenvalue weighted by atomic mass is 35.5. The first-order chi connectivity index (χ1) is 11.1. The summed E-state index contributed by atoms with van der Waals surface area (Å²) in [6.07, 6.45) is -0.464. The molecule has 6 heteroatoms. The van der Waals surface area contributed by atoms with E-state index < -0.39 is 18.1 Å². The van der Waals surface area contributed by atoms with Crippen LogP contribution in [0.2, 0.25) is 5.02 Å². The molecule has 1 aliphatic rings. The molecule has 1 unspecified atom stereocenters. The van der Waals surface area contributed by atoms with E-state index >= 15 is 0 Å². The molecule has 0 aromatic heterocycles. The molecule has 0 fully saturated rings. The van der Waals surface area contributed by atoms with Crippen molar-refractivity contribution in [2.24, 2.45) is 0 Å². The second-order valence-electron chi connectivity index (χ2n) is 5.24. The Labute approximate surface area is 138 Å². The number of rotatable bonds is 3. The molecule has 0 spiro atoms. The summed E-state index contributed by atoms with van der Waals surface area (Å²) < 4.78 is 5.27. The molecule has 2 aromatic rings. The molecule has 1 aliphatic heterocycles. The summed E-state index contributed by atoms with van der Waals surface area (Å²) >= 11 is 5.94. The maximum atomic E-state index is 12.4. The van der Waals surface area contributed by atoms with Crippen LogP contribution < -0.4 is 4.90 Å². The fourth-order valence-corrected chi connectivity index (χ4v) is 2.83. The minimum atomic E-state index is -1.08. The standard InChI is InChI=1S/C17H14ClNO4/c18-13-6-7-14-12(8-13)9-15(16(20)21)19(14)17(22)23-10-11-4-2-1-3-5-11/h1-8,15H,9-10H2,(H,20,21). The number of amides is 1. The second-order valence-corrected chi connectivity index (χ2v) is 5.68. The van der Waals surface area contributed by atoms with Crippen LogP contribution in [0.4, 0.5) is 10.5 Å². The van der Waals surface area contributed by atoms with Crippen LogP contribution in [0.3, 0.4) is 0 Å². The number of carboxylic acid groups (broad SMARTS) is 1. The molecule has 3 rings (SSSR count). The summed E-state index contributed by atoms with van der Waals surface area (Å²) in [5.41, 5.74) is 2.09. The number of aliphatic carboxylic acids is 1. The van der Waals surface area contributed by atoms with Crippen LogP contribution in [0.15, 0.2) is 48.5 Å². The van der Waals surface area contributed by atoms with Crippen molar-refractivity contribution in [3.8, 4) is 0 Å². The Morgan fingerprint density at radius 3 is 2.65 bits per heavy atom. The normalized spacial score (nSPS) is 16.0. The lowest BCUT2D eigenvalue weighted by Crippen LogP contribution is -2.43. The third-order valence-electron chi connectivity index (χ3n) is 3.71. The summed E-state index contributed by atoms with van der Waals surface area (Å²) in [6.45, 7) is 0.0887. The van der Waals surface area contributed by atoms with Gasteiger partial charge in [0.05, 0.1) is 5.69 Å². The Hall–Kier alpha value is -2.53. The molecule has 1 atom stereocenters. The first kappa shape index (κ1) is 15.4. The van der Waals surface area contributed by atoms with Gasteiger partial charge in [-0.15, -0.1) is 0 Å². The lowest BCUT2D eigenvalue weighted by Gasteiger charge is -2.22. The quantitative estimate of drug-likeness (QED) is 0.934. The van der Waals surface area contributed by atoms with Gasteiger partial charge in [-0.2, -0.15) is 0 Å². The van der Waals surface area contributed by atoms with Crippen molar-refractivity contribution in [3.63, 3.8) is 0 Å². The maximum Gasteiger partial charge on any atom is 0.415 e. The van der Waals surface area contributed by atoms with E-state index in [0.29, 0.717) is 10.7 Å². The van der Waals surface area contributed by atoms with Crippen molar-refractivity contribution < 1.29 is 19.4 Å². The van der Waals surface area contributed by atoms with Crippen LogP contribution in [0.1, 0.15) is 11.1 Å². The van der Waals surface area contributed by atoms with E-state index in [1.54, 1.807) is 18.2 Å². The van der Waals surface area contributed by atoms with Gasteiger partial charge in [0.1, 0.15) is 12.6 Å². The zero-order valence-corrected chi connectivity index (χ0v) is 12.9. The number of nitrogens with zero attached hydrogens (tertiary/aromatic N) is 1. The van der Waals surface area contributed by atoms with Crippen molar-refractivity contribution in [2.75, 3.05) is 4.90 Å². The molecule has 0 saturated heterocycles. The van der Waals surface area contributed by atoms with Crippen LogP contribution in [0.25, 0.3) is 0 Å². The molecule has 1 amide bonds. The molecule has 1 N–H and O–H groups in total. The highest BCUT2D eigenvalue weighted by Crippen LogP contribution is 2.34. The van der Waals surface area contributed by atoms with E-state index in [2.05, 4.69) is 0 Å².